The highest BCUT2D eigenvalue weighted by molar-refractivity contribution is 7.17. The number of aliphatic carboxylic acids is 1. The van der Waals surface area contributed by atoms with Gasteiger partial charge in [0.1, 0.15) is 12.2 Å². The minimum Gasteiger partial charge on any atom is -0.481 e. The van der Waals surface area contributed by atoms with Gasteiger partial charge in [-0.2, -0.15) is 0 Å². The predicted molar refractivity (Wildman–Crippen MR) is 139 cm³/mol. The van der Waals surface area contributed by atoms with Gasteiger partial charge in [0.15, 0.2) is 0 Å². The van der Waals surface area contributed by atoms with Crippen LogP contribution in [0.2, 0.25) is 0 Å². The number of hydrogen-bond donors (Lipinski definition) is 2. The summed E-state index contributed by atoms with van der Waals surface area (Å²) in [6.07, 6.45) is 2.41. The van der Waals surface area contributed by atoms with Crippen LogP contribution in [0.15, 0.2) is 41.8 Å². The Labute approximate surface area is 209 Å². The number of amides is 2. The standard InChI is InChI=1S/C26H32N4O4S/c1-4-29(20-7-5-6-19(14-20)28(2)3)24(31)16-30-21-12-13-35-23(21)15-22(30)25(32)27-18-10-8-17(9-11-18)26(33)34/h5-7,12-15,17-18H,4,8-11,16H2,1-3H3,(H,27,32)(H,33,34). The molecule has 3 aromatic rings. The number of carbonyl (C=O) groups excluding carboxylic acids is 2. The largest absolute Gasteiger partial charge is 0.481 e. The van der Waals surface area contributed by atoms with E-state index in [1.165, 1.54) is 11.3 Å². The van der Waals surface area contributed by atoms with Gasteiger partial charge < -0.3 is 24.8 Å². The normalized spacial score (nSPS) is 17.8. The summed E-state index contributed by atoms with van der Waals surface area (Å²) in [7, 11) is 3.92. The van der Waals surface area contributed by atoms with E-state index in [4.69, 9.17) is 0 Å². The van der Waals surface area contributed by atoms with Gasteiger partial charge in [-0.1, -0.05) is 6.07 Å². The van der Waals surface area contributed by atoms with E-state index in [1.807, 2.05) is 67.7 Å². The second-order valence-electron chi connectivity index (χ2n) is 9.20. The van der Waals surface area contributed by atoms with Crippen LogP contribution in [0.4, 0.5) is 11.4 Å². The van der Waals surface area contributed by atoms with Crippen molar-refractivity contribution in [3.8, 4) is 0 Å². The molecule has 1 aromatic carbocycles. The van der Waals surface area contributed by atoms with E-state index in [0.717, 1.165) is 21.6 Å². The predicted octanol–water partition coefficient (Wildman–Crippen LogP) is 4.20. The molecule has 0 unspecified atom stereocenters. The number of carboxylic acid groups (broad SMARTS) is 1. The van der Waals surface area contributed by atoms with Gasteiger partial charge >= 0.3 is 5.97 Å². The number of rotatable bonds is 8. The smallest absolute Gasteiger partial charge is 0.306 e. The summed E-state index contributed by atoms with van der Waals surface area (Å²) in [6, 6.07) is 11.6. The Balaban J connectivity index is 1.54. The van der Waals surface area contributed by atoms with Crippen LogP contribution in [0.25, 0.3) is 10.2 Å². The number of nitrogens with one attached hydrogen (secondary N) is 1. The molecule has 2 N–H and O–H groups in total. The zero-order chi connectivity index (χ0) is 25.1. The lowest BCUT2D eigenvalue weighted by Gasteiger charge is -2.27. The third-order valence-electron chi connectivity index (χ3n) is 6.74. The molecule has 9 heteroatoms. The maximum absolute atomic E-state index is 13.5. The number of carbonyl (C=O) groups is 3. The highest BCUT2D eigenvalue weighted by Crippen LogP contribution is 2.28. The van der Waals surface area contributed by atoms with Crippen molar-refractivity contribution in [2.24, 2.45) is 5.92 Å². The Hall–Kier alpha value is -3.33. The molecule has 2 aromatic heterocycles. The van der Waals surface area contributed by atoms with Crippen LogP contribution in [0.3, 0.4) is 0 Å². The van der Waals surface area contributed by atoms with Crippen molar-refractivity contribution in [3.05, 3.63) is 47.5 Å². The fourth-order valence-corrected chi connectivity index (χ4v) is 5.56. The van der Waals surface area contributed by atoms with E-state index in [0.29, 0.717) is 37.9 Å². The summed E-state index contributed by atoms with van der Waals surface area (Å²) in [4.78, 5) is 41.7. The molecule has 2 heterocycles. The first kappa shape index (κ1) is 24.8. The lowest BCUT2D eigenvalue weighted by atomic mass is 9.86. The van der Waals surface area contributed by atoms with Gasteiger partial charge in [-0.15, -0.1) is 11.3 Å². The highest BCUT2D eigenvalue weighted by Gasteiger charge is 2.28. The first-order valence-electron chi connectivity index (χ1n) is 12.0. The minimum absolute atomic E-state index is 0.0504. The molecule has 0 spiro atoms. The topological polar surface area (TPSA) is 94.9 Å². The Kier molecular flexibility index (Phi) is 7.45. The number of carboxylic acids is 1. The van der Waals surface area contributed by atoms with Gasteiger partial charge in [-0.05, 0) is 68.3 Å². The fraction of sp³-hybridized carbons (Fsp3) is 0.423. The van der Waals surface area contributed by atoms with Gasteiger partial charge in [-0.3, -0.25) is 14.4 Å². The SMILES string of the molecule is CCN(C(=O)Cn1c(C(=O)NC2CCC(C(=O)O)CC2)cc2sccc21)c1cccc(N(C)C)c1. The number of thiophene rings is 1. The molecule has 0 atom stereocenters. The zero-order valence-electron chi connectivity index (χ0n) is 20.4. The van der Waals surface area contributed by atoms with Crippen LogP contribution in [0.5, 0.6) is 0 Å². The third-order valence-corrected chi connectivity index (χ3v) is 7.59. The molecule has 1 fully saturated rings. The second-order valence-corrected chi connectivity index (χ2v) is 10.1. The van der Waals surface area contributed by atoms with Crippen molar-refractivity contribution in [1.29, 1.82) is 0 Å². The van der Waals surface area contributed by atoms with Crippen molar-refractivity contribution in [2.75, 3.05) is 30.4 Å². The molecule has 1 saturated carbocycles. The Morgan fingerprint density at radius 3 is 2.46 bits per heavy atom. The highest BCUT2D eigenvalue weighted by atomic mass is 32.1. The molecule has 4 rings (SSSR count). The second kappa shape index (κ2) is 10.5. The Morgan fingerprint density at radius 1 is 1.09 bits per heavy atom. The molecule has 2 amide bonds. The first-order valence-corrected chi connectivity index (χ1v) is 12.8. The van der Waals surface area contributed by atoms with Gasteiger partial charge in [0, 0.05) is 38.1 Å². The average molecular weight is 497 g/mol. The van der Waals surface area contributed by atoms with Crippen LogP contribution in [-0.4, -0.2) is 54.1 Å². The van der Waals surface area contributed by atoms with Gasteiger partial charge in [0.25, 0.3) is 5.91 Å². The van der Waals surface area contributed by atoms with E-state index < -0.39 is 5.97 Å². The molecule has 186 valence electrons. The molecule has 0 aliphatic heterocycles. The van der Waals surface area contributed by atoms with Gasteiger partial charge in [-0.25, -0.2) is 0 Å². The molecular formula is C26H32N4O4S. The summed E-state index contributed by atoms with van der Waals surface area (Å²) in [5.74, 6) is -1.42. The first-order chi connectivity index (χ1) is 16.8. The summed E-state index contributed by atoms with van der Waals surface area (Å²) in [6.45, 7) is 2.50. The van der Waals surface area contributed by atoms with E-state index in [9.17, 15) is 19.5 Å². The van der Waals surface area contributed by atoms with Crippen molar-refractivity contribution in [3.63, 3.8) is 0 Å². The Bertz CT molecular complexity index is 1220. The van der Waals surface area contributed by atoms with Crippen molar-refractivity contribution >= 4 is 50.7 Å². The number of anilines is 2. The van der Waals surface area contributed by atoms with E-state index >= 15 is 0 Å². The number of hydrogen-bond acceptors (Lipinski definition) is 5. The average Bonchev–Trinajstić information content (AvgIpc) is 3.43. The van der Waals surface area contributed by atoms with Crippen molar-refractivity contribution < 1.29 is 19.5 Å². The maximum atomic E-state index is 13.5. The quantitative estimate of drug-likeness (QED) is 0.488. The summed E-state index contributed by atoms with van der Waals surface area (Å²) >= 11 is 1.54. The molecular weight excluding hydrogens is 464 g/mol. The monoisotopic (exact) mass is 496 g/mol. The number of fused-ring (bicyclic) bond motifs is 1. The van der Waals surface area contributed by atoms with E-state index in [-0.39, 0.29) is 30.3 Å². The minimum atomic E-state index is -0.765. The van der Waals surface area contributed by atoms with Gasteiger partial charge in [0.05, 0.1) is 16.1 Å². The molecule has 0 radical (unpaired) electrons. The lowest BCUT2D eigenvalue weighted by Crippen LogP contribution is -2.40. The molecule has 35 heavy (non-hydrogen) atoms. The maximum Gasteiger partial charge on any atom is 0.306 e. The summed E-state index contributed by atoms with van der Waals surface area (Å²) in [5.41, 5.74) is 3.14. The van der Waals surface area contributed by atoms with Crippen LogP contribution in [-0.2, 0) is 16.1 Å². The summed E-state index contributed by atoms with van der Waals surface area (Å²) in [5, 5.41) is 14.3. The Morgan fingerprint density at radius 2 is 1.80 bits per heavy atom. The molecule has 1 aliphatic carbocycles. The van der Waals surface area contributed by atoms with E-state index in [2.05, 4.69) is 5.32 Å². The van der Waals surface area contributed by atoms with Crippen LogP contribution >= 0.6 is 11.3 Å². The van der Waals surface area contributed by atoms with Crippen LogP contribution in [0.1, 0.15) is 43.1 Å². The van der Waals surface area contributed by atoms with Crippen molar-refractivity contribution in [2.45, 2.75) is 45.2 Å². The number of aromatic nitrogens is 1. The lowest BCUT2D eigenvalue weighted by molar-refractivity contribution is -0.142. The number of nitrogens with zero attached hydrogens (tertiary/aromatic N) is 3. The summed E-state index contributed by atoms with van der Waals surface area (Å²) < 4.78 is 2.75. The van der Waals surface area contributed by atoms with Crippen molar-refractivity contribution in [1.82, 2.24) is 9.88 Å². The number of likely N-dealkylation sites (N-methyl/N-ethyl adjacent to an activating group) is 1. The molecule has 1 aliphatic rings. The zero-order valence-corrected chi connectivity index (χ0v) is 21.2. The number of benzene rings is 1. The molecule has 0 saturated heterocycles. The molecule has 8 nitrogen and oxygen atoms in total. The fourth-order valence-electron chi connectivity index (χ4n) is 4.74. The third kappa shape index (κ3) is 5.35. The van der Waals surface area contributed by atoms with Crippen LogP contribution in [0, 0.1) is 5.92 Å². The van der Waals surface area contributed by atoms with E-state index in [1.54, 1.807) is 9.47 Å². The molecule has 0 bridgehead atoms. The van der Waals surface area contributed by atoms with Gasteiger partial charge in [0.2, 0.25) is 5.91 Å². The van der Waals surface area contributed by atoms with Crippen LogP contribution < -0.4 is 15.1 Å².